The monoisotopic (exact) mass is 235 g/mol. The first-order valence-corrected chi connectivity index (χ1v) is 6.01. The fraction of sp³-hybridized carbons (Fsp3) is 0.500. The lowest BCUT2D eigenvalue weighted by molar-refractivity contribution is 0.0499. The topological polar surface area (TPSA) is 29.5 Å². The number of esters is 1. The molecule has 0 amide bonds. The van der Waals surface area contributed by atoms with Gasteiger partial charge in [-0.3, -0.25) is 0 Å². The van der Waals surface area contributed by atoms with Crippen LogP contribution in [0.2, 0.25) is 0 Å². The van der Waals surface area contributed by atoms with E-state index < -0.39 is 0 Å². The van der Waals surface area contributed by atoms with E-state index in [1.165, 1.54) is 0 Å². The van der Waals surface area contributed by atoms with Crippen molar-refractivity contribution in [3.05, 3.63) is 29.3 Å². The van der Waals surface area contributed by atoms with Gasteiger partial charge in [-0.15, -0.1) is 0 Å². The summed E-state index contributed by atoms with van der Waals surface area (Å²) in [4.78, 5) is 13.7. The van der Waals surface area contributed by atoms with Crippen molar-refractivity contribution in [2.24, 2.45) is 0 Å². The largest absolute Gasteiger partial charge is 0.462 e. The first-order valence-electron chi connectivity index (χ1n) is 6.01. The molecule has 0 aromatic heterocycles. The standard InChI is InChI=1S/C14H21NO2/c1-5-6-9-17-14(16)12-7-8-13(15(3)4)11(2)10-12/h7-8,10H,5-6,9H2,1-4H3. The lowest BCUT2D eigenvalue weighted by atomic mass is 10.1. The molecule has 1 aromatic carbocycles. The van der Waals surface area contributed by atoms with Crippen molar-refractivity contribution in [1.82, 2.24) is 0 Å². The third-order valence-corrected chi connectivity index (χ3v) is 2.65. The Morgan fingerprint density at radius 1 is 1.35 bits per heavy atom. The second-order valence-corrected chi connectivity index (χ2v) is 4.39. The van der Waals surface area contributed by atoms with Gasteiger partial charge in [-0.25, -0.2) is 4.79 Å². The van der Waals surface area contributed by atoms with Crippen LogP contribution in [-0.4, -0.2) is 26.7 Å². The van der Waals surface area contributed by atoms with Crippen molar-refractivity contribution in [3.63, 3.8) is 0 Å². The van der Waals surface area contributed by atoms with E-state index in [1.807, 2.05) is 44.1 Å². The van der Waals surface area contributed by atoms with Gasteiger partial charge in [0.2, 0.25) is 0 Å². The zero-order chi connectivity index (χ0) is 12.8. The normalized spacial score (nSPS) is 10.1. The van der Waals surface area contributed by atoms with Crippen LogP contribution in [0.5, 0.6) is 0 Å². The highest BCUT2D eigenvalue weighted by Crippen LogP contribution is 2.19. The van der Waals surface area contributed by atoms with Gasteiger partial charge in [-0.05, 0) is 37.1 Å². The Morgan fingerprint density at radius 3 is 2.59 bits per heavy atom. The van der Waals surface area contributed by atoms with Gasteiger partial charge in [0.05, 0.1) is 12.2 Å². The molecule has 3 heteroatoms. The fourth-order valence-electron chi connectivity index (χ4n) is 1.68. The molecule has 1 rings (SSSR count). The number of anilines is 1. The summed E-state index contributed by atoms with van der Waals surface area (Å²) >= 11 is 0. The molecule has 0 aliphatic heterocycles. The summed E-state index contributed by atoms with van der Waals surface area (Å²) in [5.74, 6) is -0.230. The molecule has 3 nitrogen and oxygen atoms in total. The van der Waals surface area contributed by atoms with Gasteiger partial charge >= 0.3 is 5.97 Å². The van der Waals surface area contributed by atoms with Crippen molar-refractivity contribution in [1.29, 1.82) is 0 Å². The minimum Gasteiger partial charge on any atom is -0.462 e. The maximum Gasteiger partial charge on any atom is 0.338 e. The van der Waals surface area contributed by atoms with Crippen LogP contribution < -0.4 is 4.90 Å². The number of hydrogen-bond acceptors (Lipinski definition) is 3. The maximum atomic E-state index is 11.7. The molecule has 0 aliphatic rings. The zero-order valence-corrected chi connectivity index (χ0v) is 11.1. The average molecular weight is 235 g/mol. The van der Waals surface area contributed by atoms with Crippen molar-refractivity contribution >= 4 is 11.7 Å². The summed E-state index contributed by atoms with van der Waals surface area (Å²) in [5, 5.41) is 0. The lowest BCUT2D eigenvalue weighted by Gasteiger charge is -2.16. The van der Waals surface area contributed by atoms with Gasteiger partial charge in [-0.2, -0.15) is 0 Å². The van der Waals surface area contributed by atoms with Crippen molar-refractivity contribution in [2.75, 3.05) is 25.6 Å². The van der Waals surface area contributed by atoms with Gasteiger partial charge in [0.15, 0.2) is 0 Å². The van der Waals surface area contributed by atoms with Crippen LogP contribution in [0.4, 0.5) is 5.69 Å². The van der Waals surface area contributed by atoms with E-state index in [2.05, 4.69) is 6.92 Å². The van der Waals surface area contributed by atoms with Gasteiger partial charge in [0, 0.05) is 19.8 Å². The predicted molar refractivity (Wildman–Crippen MR) is 70.7 cm³/mol. The molecule has 0 spiro atoms. The molecule has 0 saturated carbocycles. The van der Waals surface area contributed by atoms with Gasteiger partial charge < -0.3 is 9.64 Å². The Balaban J connectivity index is 2.72. The Bertz CT molecular complexity index is 386. The summed E-state index contributed by atoms with van der Waals surface area (Å²) in [7, 11) is 3.98. The number of nitrogens with zero attached hydrogens (tertiary/aromatic N) is 1. The number of rotatable bonds is 5. The third kappa shape index (κ3) is 3.77. The Kier molecular flexibility index (Phi) is 5.01. The number of ether oxygens (including phenoxy) is 1. The number of carbonyl (C=O) groups is 1. The first-order chi connectivity index (χ1) is 8.06. The van der Waals surface area contributed by atoms with Crippen molar-refractivity contribution in [2.45, 2.75) is 26.7 Å². The number of benzene rings is 1. The van der Waals surface area contributed by atoms with E-state index in [-0.39, 0.29) is 5.97 Å². The fourth-order valence-corrected chi connectivity index (χ4v) is 1.68. The number of unbranched alkanes of at least 4 members (excludes halogenated alkanes) is 1. The van der Waals surface area contributed by atoms with E-state index in [1.54, 1.807) is 0 Å². The Labute approximate surface area is 103 Å². The molecule has 0 fully saturated rings. The smallest absolute Gasteiger partial charge is 0.338 e. The molecule has 94 valence electrons. The van der Waals surface area contributed by atoms with E-state index in [0.717, 1.165) is 24.1 Å². The van der Waals surface area contributed by atoms with Crippen LogP contribution in [0.15, 0.2) is 18.2 Å². The highest BCUT2D eigenvalue weighted by Gasteiger charge is 2.09. The SMILES string of the molecule is CCCCOC(=O)c1ccc(N(C)C)c(C)c1. The minimum atomic E-state index is -0.230. The molecule has 0 aliphatic carbocycles. The molecule has 0 saturated heterocycles. The van der Waals surface area contributed by atoms with Crippen LogP contribution in [0.1, 0.15) is 35.7 Å². The summed E-state index contributed by atoms with van der Waals surface area (Å²) in [6.07, 6.45) is 1.95. The summed E-state index contributed by atoms with van der Waals surface area (Å²) in [6.45, 7) is 4.58. The molecule has 0 radical (unpaired) electrons. The Hall–Kier alpha value is -1.51. The number of aryl methyl sites for hydroxylation is 1. The molecule has 1 aromatic rings. The van der Waals surface area contributed by atoms with Crippen LogP contribution in [0, 0.1) is 6.92 Å². The second-order valence-electron chi connectivity index (χ2n) is 4.39. The molecular formula is C14H21NO2. The average Bonchev–Trinajstić information content (AvgIpc) is 2.28. The second kappa shape index (κ2) is 6.28. The predicted octanol–water partition coefficient (Wildman–Crippen LogP) is 3.02. The minimum absolute atomic E-state index is 0.230. The van der Waals surface area contributed by atoms with Crippen LogP contribution in [0.25, 0.3) is 0 Å². The maximum absolute atomic E-state index is 11.7. The summed E-state index contributed by atoms with van der Waals surface area (Å²) in [6, 6.07) is 5.64. The third-order valence-electron chi connectivity index (χ3n) is 2.65. The van der Waals surface area contributed by atoms with Crippen LogP contribution in [0.3, 0.4) is 0 Å². The molecule has 17 heavy (non-hydrogen) atoms. The highest BCUT2D eigenvalue weighted by molar-refractivity contribution is 5.90. The van der Waals surface area contributed by atoms with Gasteiger partial charge in [-0.1, -0.05) is 13.3 Å². The molecule has 0 bridgehead atoms. The van der Waals surface area contributed by atoms with E-state index >= 15 is 0 Å². The van der Waals surface area contributed by atoms with Gasteiger partial charge in [0.25, 0.3) is 0 Å². The van der Waals surface area contributed by atoms with E-state index in [0.29, 0.717) is 12.2 Å². The van der Waals surface area contributed by atoms with Crippen LogP contribution >= 0.6 is 0 Å². The Morgan fingerprint density at radius 2 is 2.06 bits per heavy atom. The highest BCUT2D eigenvalue weighted by atomic mass is 16.5. The molecule has 0 heterocycles. The van der Waals surface area contributed by atoms with E-state index in [4.69, 9.17) is 4.74 Å². The summed E-state index contributed by atoms with van der Waals surface area (Å²) < 4.78 is 5.17. The number of carbonyl (C=O) groups excluding carboxylic acids is 1. The van der Waals surface area contributed by atoms with Crippen molar-refractivity contribution in [3.8, 4) is 0 Å². The summed E-state index contributed by atoms with van der Waals surface area (Å²) in [5.41, 5.74) is 2.83. The quantitative estimate of drug-likeness (QED) is 0.580. The van der Waals surface area contributed by atoms with Crippen molar-refractivity contribution < 1.29 is 9.53 Å². The number of hydrogen-bond donors (Lipinski definition) is 0. The molecule has 0 N–H and O–H groups in total. The van der Waals surface area contributed by atoms with Gasteiger partial charge in [0.1, 0.15) is 0 Å². The lowest BCUT2D eigenvalue weighted by Crippen LogP contribution is -2.12. The van der Waals surface area contributed by atoms with E-state index in [9.17, 15) is 4.79 Å². The molecule has 0 unspecified atom stereocenters. The molecule has 0 atom stereocenters. The van der Waals surface area contributed by atoms with Crippen LogP contribution in [-0.2, 0) is 4.74 Å². The zero-order valence-electron chi connectivity index (χ0n) is 11.1. The first kappa shape index (κ1) is 13.6. The molecular weight excluding hydrogens is 214 g/mol.